The number of nitrogens with zero attached hydrogens (tertiary/aromatic N) is 2. The molecule has 25 heavy (non-hydrogen) atoms. The molecule has 0 aliphatic rings. The Balaban J connectivity index is 2.00. The van der Waals surface area contributed by atoms with E-state index >= 15 is 0 Å². The lowest BCUT2D eigenvalue weighted by Gasteiger charge is -2.03. The van der Waals surface area contributed by atoms with Gasteiger partial charge >= 0.3 is 0 Å². The van der Waals surface area contributed by atoms with E-state index in [4.69, 9.17) is 14.1 Å². The van der Waals surface area contributed by atoms with Gasteiger partial charge in [0.25, 0.3) is 0 Å². The highest BCUT2D eigenvalue weighted by molar-refractivity contribution is 9.10. The Kier molecular flexibility index (Phi) is 3.92. The number of benzene rings is 1. The molecule has 1 N–H and O–H groups in total. The summed E-state index contributed by atoms with van der Waals surface area (Å²) >= 11 is 5.14. The minimum absolute atomic E-state index is 0.0427. The normalized spacial score (nSPS) is 11.7. The number of halogens is 1. The number of ether oxygens (including phenoxy) is 1. The van der Waals surface area contributed by atoms with Crippen LogP contribution in [0.25, 0.3) is 33.5 Å². The molecule has 128 valence electrons. The summed E-state index contributed by atoms with van der Waals surface area (Å²) in [6.45, 7) is 4.20. The third-order valence-corrected chi connectivity index (χ3v) is 5.90. The molecule has 4 rings (SSSR count). The predicted octanol–water partition coefficient (Wildman–Crippen LogP) is 5.70. The first-order valence-corrected chi connectivity index (χ1v) is 9.41. The van der Waals surface area contributed by atoms with Crippen LogP contribution in [-0.4, -0.2) is 22.2 Å². The fourth-order valence-corrected chi connectivity index (χ4v) is 4.21. The Morgan fingerprint density at radius 1 is 1.24 bits per heavy atom. The second-order valence-electron chi connectivity index (χ2n) is 5.99. The minimum Gasteiger partial charge on any atom is -0.504 e. The van der Waals surface area contributed by atoms with Gasteiger partial charge in [0.2, 0.25) is 0 Å². The summed E-state index contributed by atoms with van der Waals surface area (Å²) in [6, 6.07) is 5.20. The topological polar surface area (TPSA) is 68.4 Å². The highest BCUT2D eigenvalue weighted by atomic mass is 79.9. The van der Waals surface area contributed by atoms with Gasteiger partial charge in [0, 0.05) is 17.4 Å². The number of thiazole rings is 1. The lowest BCUT2D eigenvalue weighted by atomic mass is 10.2. The maximum absolute atomic E-state index is 10.4. The van der Waals surface area contributed by atoms with Crippen LogP contribution in [0.2, 0.25) is 0 Å². The monoisotopic (exact) mass is 418 g/mol. The molecule has 0 bridgehead atoms. The van der Waals surface area contributed by atoms with Gasteiger partial charge < -0.3 is 14.3 Å². The molecule has 3 aromatic heterocycles. The Morgan fingerprint density at radius 2 is 2.04 bits per heavy atom. The van der Waals surface area contributed by atoms with E-state index in [0.717, 1.165) is 20.6 Å². The van der Waals surface area contributed by atoms with Gasteiger partial charge in [-0.1, -0.05) is 13.8 Å². The first-order valence-electron chi connectivity index (χ1n) is 7.74. The fourth-order valence-electron chi connectivity index (χ4n) is 2.70. The quantitative estimate of drug-likeness (QED) is 0.461. The highest BCUT2D eigenvalue weighted by Crippen LogP contribution is 2.42. The number of hydrogen-bond donors (Lipinski definition) is 1. The summed E-state index contributed by atoms with van der Waals surface area (Å²) in [5.41, 5.74) is 2.93. The van der Waals surface area contributed by atoms with Crippen molar-refractivity contribution in [2.45, 2.75) is 19.8 Å². The van der Waals surface area contributed by atoms with Crippen LogP contribution in [0.5, 0.6) is 11.5 Å². The van der Waals surface area contributed by atoms with Crippen LogP contribution in [0.1, 0.15) is 24.8 Å². The van der Waals surface area contributed by atoms with Gasteiger partial charge in [-0.15, -0.1) is 11.3 Å². The van der Waals surface area contributed by atoms with E-state index in [1.54, 1.807) is 30.6 Å². The summed E-state index contributed by atoms with van der Waals surface area (Å²) in [4.78, 5) is 9.33. The Hall–Kier alpha value is -2.12. The highest BCUT2D eigenvalue weighted by Gasteiger charge is 2.20. The van der Waals surface area contributed by atoms with Gasteiger partial charge in [0.15, 0.2) is 11.3 Å². The van der Waals surface area contributed by atoms with Crippen LogP contribution in [0.4, 0.5) is 0 Å². The molecule has 0 fully saturated rings. The number of rotatable bonds is 3. The lowest BCUT2D eigenvalue weighted by molar-refractivity contribution is 0.413. The van der Waals surface area contributed by atoms with E-state index in [1.807, 2.05) is 11.4 Å². The van der Waals surface area contributed by atoms with E-state index in [9.17, 15) is 5.11 Å². The maximum atomic E-state index is 10.4. The molecule has 4 aromatic rings. The van der Waals surface area contributed by atoms with Crippen molar-refractivity contribution in [1.29, 1.82) is 0 Å². The summed E-state index contributed by atoms with van der Waals surface area (Å²) in [5, 5.41) is 14.2. The van der Waals surface area contributed by atoms with Gasteiger partial charge in [-0.3, -0.25) is 0 Å². The standard InChI is InChI=1S/C18H15BrN2O3S/c1-8(2)18-21-10(7-25-18)9-6-11(22)17-16(20-9)14-12(24-17)4-5-13(23-3)15(14)19/h4-8H,1-3H3,(H,20,22). The average molecular weight is 419 g/mol. The van der Waals surface area contributed by atoms with Crippen molar-refractivity contribution in [3.63, 3.8) is 0 Å². The summed E-state index contributed by atoms with van der Waals surface area (Å²) < 4.78 is 11.9. The maximum Gasteiger partial charge on any atom is 0.195 e. The molecular weight excluding hydrogens is 404 g/mol. The average Bonchev–Trinajstić information content (AvgIpc) is 3.20. The van der Waals surface area contributed by atoms with Crippen LogP contribution >= 0.6 is 27.3 Å². The van der Waals surface area contributed by atoms with Crippen molar-refractivity contribution in [3.05, 3.63) is 33.1 Å². The molecular formula is C18H15BrN2O3S. The molecule has 0 amide bonds. The number of aromatic nitrogens is 2. The zero-order chi connectivity index (χ0) is 17.7. The first-order chi connectivity index (χ1) is 12.0. The van der Waals surface area contributed by atoms with E-state index in [1.165, 1.54) is 0 Å². The second-order valence-corrected chi connectivity index (χ2v) is 7.67. The van der Waals surface area contributed by atoms with E-state index < -0.39 is 0 Å². The molecule has 0 aliphatic heterocycles. The Bertz CT molecular complexity index is 1100. The van der Waals surface area contributed by atoms with E-state index in [0.29, 0.717) is 34.0 Å². The summed E-state index contributed by atoms with van der Waals surface area (Å²) in [6.07, 6.45) is 0. The van der Waals surface area contributed by atoms with Crippen LogP contribution < -0.4 is 4.74 Å². The lowest BCUT2D eigenvalue weighted by Crippen LogP contribution is -1.89. The number of pyridine rings is 1. The van der Waals surface area contributed by atoms with Crippen LogP contribution in [0.3, 0.4) is 0 Å². The molecule has 7 heteroatoms. The number of aromatic hydroxyl groups is 1. The van der Waals surface area contributed by atoms with Crippen molar-refractivity contribution in [2.75, 3.05) is 7.11 Å². The first kappa shape index (κ1) is 16.4. The van der Waals surface area contributed by atoms with Gasteiger partial charge in [-0.05, 0) is 28.1 Å². The molecule has 0 unspecified atom stereocenters. The third-order valence-electron chi connectivity index (χ3n) is 3.97. The molecule has 0 saturated heterocycles. The molecule has 0 atom stereocenters. The van der Waals surface area contributed by atoms with Crippen LogP contribution in [0, 0.1) is 0 Å². The van der Waals surface area contributed by atoms with Gasteiger partial charge in [-0.25, -0.2) is 9.97 Å². The zero-order valence-corrected chi connectivity index (χ0v) is 16.2. The summed E-state index contributed by atoms with van der Waals surface area (Å²) in [5.74, 6) is 1.07. The van der Waals surface area contributed by atoms with Gasteiger partial charge in [0.05, 0.1) is 27.7 Å². The predicted molar refractivity (Wildman–Crippen MR) is 103 cm³/mol. The second kappa shape index (κ2) is 6.00. The Morgan fingerprint density at radius 3 is 2.72 bits per heavy atom. The summed E-state index contributed by atoms with van der Waals surface area (Å²) in [7, 11) is 1.60. The molecule has 0 saturated carbocycles. The SMILES string of the molecule is COc1ccc2oc3c(O)cc(-c4csc(C(C)C)n4)nc3c2c1Br. The van der Waals surface area contributed by atoms with Gasteiger partial charge in [-0.2, -0.15) is 0 Å². The largest absolute Gasteiger partial charge is 0.504 e. The molecule has 0 aliphatic carbocycles. The third kappa shape index (κ3) is 2.58. The van der Waals surface area contributed by atoms with Crippen molar-refractivity contribution < 1.29 is 14.3 Å². The van der Waals surface area contributed by atoms with E-state index in [2.05, 4.69) is 34.8 Å². The minimum atomic E-state index is 0.0427. The smallest absolute Gasteiger partial charge is 0.195 e. The van der Waals surface area contributed by atoms with Crippen molar-refractivity contribution in [3.8, 4) is 22.9 Å². The molecule has 0 spiro atoms. The molecule has 5 nitrogen and oxygen atoms in total. The zero-order valence-electron chi connectivity index (χ0n) is 13.8. The number of fused-ring (bicyclic) bond motifs is 3. The van der Waals surface area contributed by atoms with Crippen LogP contribution in [-0.2, 0) is 0 Å². The number of furan rings is 1. The van der Waals surface area contributed by atoms with E-state index in [-0.39, 0.29) is 5.75 Å². The fraction of sp³-hybridized carbons (Fsp3) is 0.222. The number of hydrogen-bond acceptors (Lipinski definition) is 6. The Labute approximate surface area is 156 Å². The van der Waals surface area contributed by atoms with Crippen molar-refractivity contribution in [2.24, 2.45) is 0 Å². The molecule has 0 radical (unpaired) electrons. The van der Waals surface area contributed by atoms with Gasteiger partial charge in [0.1, 0.15) is 22.5 Å². The molecule has 3 heterocycles. The molecule has 1 aromatic carbocycles. The number of methoxy groups -OCH3 is 1. The van der Waals surface area contributed by atoms with Crippen molar-refractivity contribution >= 4 is 49.3 Å². The van der Waals surface area contributed by atoms with Crippen LogP contribution in [0.15, 0.2) is 32.5 Å². The van der Waals surface area contributed by atoms with Crippen molar-refractivity contribution in [1.82, 2.24) is 9.97 Å².